The number of hydrogen-bond donors (Lipinski definition) is 1. The van der Waals surface area contributed by atoms with Gasteiger partial charge in [0.25, 0.3) is 0 Å². The SMILES string of the molecule is CCNC(=NCC1CCOC1)N1CCN(S(=O)(=O)Cc2ccon2)CC1.I. The van der Waals surface area contributed by atoms with Gasteiger partial charge in [-0.05, 0) is 13.3 Å². The highest BCUT2D eigenvalue weighted by atomic mass is 127. The van der Waals surface area contributed by atoms with Crippen LogP contribution in [0.15, 0.2) is 21.8 Å². The van der Waals surface area contributed by atoms with Crippen LogP contribution in [-0.4, -0.2) is 81.2 Å². The zero-order chi connectivity index (χ0) is 18.4. The predicted molar refractivity (Wildman–Crippen MR) is 113 cm³/mol. The monoisotopic (exact) mass is 513 g/mol. The second-order valence-corrected chi connectivity index (χ2v) is 8.53. The number of rotatable bonds is 6. The summed E-state index contributed by atoms with van der Waals surface area (Å²) in [5, 5.41) is 7.01. The fourth-order valence-corrected chi connectivity index (χ4v) is 4.56. The van der Waals surface area contributed by atoms with Crippen LogP contribution in [0.2, 0.25) is 0 Å². The Hall–Kier alpha value is -0.920. The number of guanidine groups is 1. The van der Waals surface area contributed by atoms with Crippen molar-refractivity contribution in [3.63, 3.8) is 0 Å². The highest BCUT2D eigenvalue weighted by Crippen LogP contribution is 2.14. The topological polar surface area (TPSA) is 100 Å². The molecule has 154 valence electrons. The van der Waals surface area contributed by atoms with Gasteiger partial charge in [-0.15, -0.1) is 24.0 Å². The second-order valence-electron chi connectivity index (χ2n) is 6.56. The zero-order valence-electron chi connectivity index (χ0n) is 15.5. The Balaban J connectivity index is 0.00000261. The molecule has 27 heavy (non-hydrogen) atoms. The van der Waals surface area contributed by atoms with Gasteiger partial charge in [-0.25, -0.2) is 8.42 Å². The molecule has 2 saturated heterocycles. The lowest BCUT2D eigenvalue weighted by Crippen LogP contribution is -2.54. The molecule has 0 radical (unpaired) electrons. The van der Waals surface area contributed by atoms with Crippen molar-refractivity contribution in [2.24, 2.45) is 10.9 Å². The smallest absolute Gasteiger partial charge is 0.220 e. The summed E-state index contributed by atoms with van der Waals surface area (Å²) in [6.07, 6.45) is 2.44. The number of nitrogens with one attached hydrogen (secondary N) is 1. The summed E-state index contributed by atoms with van der Waals surface area (Å²) in [6, 6.07) is 1.58. The summed E-state index contributed by atoms with van der Waals surface area (Å²) in [7, 11) is -3.39. The van der Waals surface area contributed by atoms with E-state index >= 15 is 0 Å². The largest absolute Gasteiger partial charge is 0.381 e. The Morgan fingerprint density at radius 2 is 2.15 bits per heavy atom. The van der Waals surface area contributed by atoms with E-state index in [4.69, 9.17) is 14.3 Å². The summed E-state index contributed by atoms with van der Waals surface area (Å²) in [4.78, 5) is 6.85. The minimum Gasteiger partial charge on any atom is -0.381 e. The molecule has 1 unspecified atom stereocenters. The fraction of sp³-hybridized carbons (Fsp3) is 0.750. The average molecular weight is 513 g/mol. The van der Waals surface area contributed by atoms with E-state index in [0.29, 0.717) is 37.8 Å². The minimum absolute atomic E-state index is 0. The van der Waals surface area contributed by atoms with E-state index in [9.17, 15) is 8.42 Å². The molecular formula is C16H28IN5O4S. The summed E-state index contributed by atoms with van der Waals surface area (Å²) >= 11 is 0. The molecule has 2 fully saturated rings. The third-order valence-electron chi connectivity index (χ3n) is 4.61. The maximum absolute atomic E-state index is 12.5. The third-order valence-corrected chi connectivity index (χ3v) is 6.42. The van der Waals surface area contributed by atoms with Gasteiger partial charge in [0.2, 0.25) is 10.0 Å². The van der Waals surface area contributed by atoms with Crippen LogP contribution in [0.4, 0.5) is 0 Å². The third kappa shape index (κ3) is 6.29. The van der Waals surface area contributed by atoms with Gasteiger partial charge in [0.1, 0.15) is 12.0 Å². The summed E-state index contributed by atoms with van der Waals surface area (Å²) in [5.41, 5.74) is 0.432. The molecule has 0 saturated carbocycles. The van der Waals surface area contributed by atoms with Crippen LogP contribution in [0, 0.1) is 5.92 Å². The summed E-state index contributed by atoms with van der Waals surface area (Å²) in [6.45, 7) is 7.27. The Kier molecular flexibility index (Phi) is 8.76. The van der Waals surface area contributed by atoms with E-state index in [0.717, 1.165) is 38.7 Å². The van der Waals surface area contributed by atoms with Crippen molar-refractivity contribution in [3.05, 3.63) is 18.0 Å². The number of aliphatic imine (C=N–C) groups is 1. The molecule has 1 aromatic heterocycles. The van der Waals surface area contributed by atoms with Crippen molar-refractivity contribution in [3.8, 4) is 0 Å². The van der Waals surface area contributed by atoms with E-state index in [2.05, 4.69) is 15.4 Å². The van der Waals surface area contributed by atoms with E-state index < -0.39 is 10.0 Å². The maximum Gasteiger partial charge on any atom is 0.220 e. The van der Waals surface area contributed by atoms with Crippen LogP contribution >= 0.6 is 24.0 Å². The average Bonchev–Trinajstić information content (AvgIpc) is 3.32. The van der Waals surface area contributed by atoms with Crippen molar-refractivity contribution < 1.29 is 17.7 Å². The molecule has 9 nitrogen and oxygen atoms in total. The molecule has 1 aromatic rings. The molecule has 1 atom stereocenters. The van der Waals surface area contributed by atoms with Gasteiger partial charge < -0.3 is 19.5 Å². The first-order chi connectivity index (χ1) is 12.6. The predicted octanol–water partition coefficient (Wildman–Crippen LogP) is 0.742. The molecule has 3 rings (SSSR count). The first-order valence-electron chi connectivity index (χ1n) is 9.06. The van der Waals surface area contributed by atoms with Crippen molar-refractivity contribution in [2.75, 3.05) is 52.5 Å². The van der Waals surface area contributed by atoms with Gasteiger partial charge in [0.05, 0.1) is 12.3 Å². The molecule has 0 bridgehead atoms. The van der Waals surface area contributed by atoms with Crippen LogP contribution in [0.5, 0.6) is 0 Å². The first-order valence-corrected chi connectivity index (χ1v) is 10.7. The Bertz CT molecular complexity index is 684. The summed E-state index contributed by atoms with van der Waals surface area (Å²) < 4.78 is 36.7. The molecular weight excluding hydrogens is 485 g/mol. The van der Waals surface area contributed by atoms with E-state index in [1.54, 1.807) is 6.07 Å². The molecule has 0 amide bonds. The van der Waals surface area contributed by atoms with E-state index in [1.165, 1.54) is 10.6 Å². The lowest BCUT2D eigenvalue weighted by molar-refractivity contribution is 0.187. The Labute approximate surface area is 177 Å². The quantitative estimate of drug-likeness (QED) is 0.340. The number of halogens is 1. The molecule has 0 aromatic carbocycles. The van der Waals surface area contributed by atoms with Gasteiger partial charge >= 0.3 is 0 Å². The van der Waals surface area contributed by atoms with E-state index in [-0.39, 0.29) is 29.7 Å². The maximum atomic E-state index is 12.5. The molecule has 1 N–H and O–H groups in total. The van der Waals surface area contributed by atoms with Crippen LogP contribution in [0.25, 0.3) is 0 Å². The van der Waals surface area contributed by atoms with Crippen molar-refractivity contribution in [1.82, 2.24) is 19.7 Å². The number of sulfonamides is 1. The van der Waals surface area contributed by atoms with Crippen LogP contribution < -0.4 is 5.32 Å². The first kappa shape index (κ1) is 22.4. The van der Waals surface area contributed by atoms with Crippen LogP contribution in [-0.2, 0) is 20.5 Å². The molecule has 0 spiro atoms. The lowest BCUT2D eigenvalue weighted by Gasteiger charge is -2.35. The van der Waals surface area contributed by atoms with Gasteiger partial charge in [-0.1, -0.05) is 5.16 Å². The fourth-order valence-electron chi connectivity index (χ4n) is 3.14. The number of nitrogens with zero attached hydrogens (tertiary/aromatic N) is 4. The standard InChI is InChI=1S/C16H27N5O4S.HI/c1-2-17-16(18-11-14-3-9-24-12-14)20-5-7-21(8-6-20)26(22,23)13-15-4-10-25-19-15;/h4,10,14H,2-3,5-9,11-13H2,1H3,(H,17,18);1H. The highest BCUT2D eigenvalue weighted by molar-refractivity contribution is 14.0. The van der Waals surface area contributed by atoms with Gasteiger partial charge in [0, 0.05) is 57.9 Å². The second kappa shape index (κ2) is 10.6. The molecule has 2 aliphatic heterocycles. The normalized spacial score (nSPS) is 21.9. The van der Waals surface area contributed by atoms with E-state index in [1.807, 2.05) is 6.92 Å². The lowest BCUT2D eigenvalue weighted by atomic mass is 10.1. The Morgan fingerprint density at radius 1 is 1.37 bits per heavy atom. The molecule has 0 aliphatic carbocycles. The van der Waals surface area contributed by atoms with Gasteiger partial charge in [-0.3, -0.25) is 4.99 Å². The number of aromatic nitrogens is 1. The highest BCUT2D eigenvalue weighted by Gasteiger charge is 2.29. The summed E-state index contributed by atoms with van der Waals surface area (Å²) in [5.74, 6) is 1.21. The van der Waals surface area contributed by atoms with Crippen molar-refractivity contribution >= 4 is 40.0 Å². The molecule has 2 aliphatic rings. The minimum atomic E-state index is -3.39. The molecule has 11 heteroatoms. The van der Waals surface area contributed by atoms with Crippen molar-refractivity contribution in [1.29, 1.82) is 0 Å². The molecule has 3 heterocycles. The van der Waals surface area contributed by atoms with Gasteiger partial charge in [-0.2, -0.15) is 4.31 Å². The Morgan fingerprint density at radius 3 is 2.74 bits per heavy atom. The number of hydrogen-bond acceptors (Lipinski definition) is 6. The van der Waals surface area contributed by atoms with Crippen LogP contribution in [0.1, 0.15) is 19.0 Å². The zero-order valence-corrected chi connectivity index (χ0v) is 18.7. The van der Waals surface area contributed by atoms with Gasteiger partial charge in [0.15, 0.2) is 5.96 Å². The van der Waals surface area contributed by atoms with Crippen LogP contribution in [0.3, 0.4) is 0 Å². The van der Waals surface area contributed by atoms with Crippen molar-refractivity contribution in [2.45, 2.75) is 19.1 Å². The number of piperazine rings is 1. The number of ether oxygens (including phenoxy) is 1.